The Labute approximate surface area is 138 Å². The number of carbonyl (C=O) groups excluding carboxylic acids is 2. The summed E-state index contributed by atoms with van der Waals surface area (Å²) in [6, 6.07) is 5.65. The fourth-order valence-electron chi connectivity index (χ4n) is 2.54. The van der Waals surface area contributed by atoms with Gasteiger partial charge in [-0.05, 0) is 17.5 Å². The highest BCUT2D eigenvalue weighted by Gasteiger charge is 2.23. The third-order valence-electron chi connectivity index (χ3n) is 3.83. The zero-order valence-corrected chi connectivity index (χ0v) is 13.6. The number of nitrogens with zero attached hydrogens (tertiary/aromatic N) is 2. The molecule has 2 aromatic rings. The second-order valence-electron chi connectivity index (χ2n) is 5.44. The number of piperazine rings is 1. The standard InChI is InChI=1S/C16H19N3O3S/c20-15(17-10-14-2-1-9-23-14)11-18-4-6-19(7-5-18)16(21)13-3-8-22-12-13/h1-3,8-9,12H,4-7,10-11H2,(H,17,20). The maximum Gasteiger partial charge on any atom is 0.257 e. The van der Waals surface area contributed by atoms with Crippen molar-refractivity contribution in [3.05, 3.63) is 46.5 Å². The smallest absolute Gasteiger partial charge is 0.257 e. The maximum absolute atomic E-state index is 12.2. The van der Waals surface area contributed by atoms with E-state index in [1.165, 1.54) is 12.5 Å². The molecular formula is C16H19N3O3S. The Hall–Kier alpha value is -2.12. The summed E-state index contributed by atoms with van der Waals surface area (Å²) in [5.74, 6) is 0.00792. The van der Waals surface area contributed by atoms with Gasteiger partial charge in [-0.2, -0.15) is 0 Å². The van der Waals surface area contributed by atoms with Crippen LogP contribution in [0, 0.1) is 0 Å². The minimum atomic E-state index is -0.0134. The van der Waals surface area contributed by atoms with Gasteiger partial charge in [-0.25, -0.2) is 0 Å². The molecule has 122 valence electrons. The van der Waals surface area contributed by atoms with Gasteiger partial charge in [0, 0.05) is 31.1 Å². The third kappa shape index (κ3) is 4.20. The average molecular weight is 333 g/mol. The molecule has 1 aliphatic rings. The van der Waals surface area contributed by atoms with Gasteiger partial charge in [0.05, 0.1) is 24.9 Å². The van der Waals surface area contributed by atoms with Crippen LogP contribution in [0.4, 0.5) is 0 Å². The number of rotatable bonds is 5. The Morgan fingerprint density at radius 1 is 1.22 bits per heavy atom. The normalized spacial score (nSPS) is 15.6. The lowest BCUT2D eigenvalue weighted by molar-refractivity contribution is -0.122. The first-order valence-corrected chi connectivity index (χ1v) is 8.43. The van der Waals surface area contributed by atoms with E-state index >= 15 is 0 Å². The van der Waals surface area contributed by atoms with Crippen LogP contribution in [0.5, 0.6) is 0 Å². The first-order chi connectivity index (χ1) is 11.2. The van der Waals surface area contributed by atoms with Crippen LogP contribution in [0.3, 0.4) is 0 Å². The van der Waals surface area contributed by atoms with Crippen LogP contribution in [0.15, 0.2) is 40.5 Å². The van der Waals surface area contributed by atoms with E-state index < -0.39 is 0 Å². The van der Waals surface area contributed by atoms with Gasteiger partial charge in [0.25, 0.3) is 5.91 Å². The molecule has 1 fully saturated rings. The molecule has 0 aromatic carbocycles. The van der Waals surface area contributed by atoms with Crippen LogP contribution in [-0.4, -0.2) is 54.3 Å². The molecule has 7 heteroatoms. The highest BCUT2D eigenvalue weighted by atomic mass is 32.1. The van der Waals surface area contributed by atoms with E-state index in [0.29, 0.717) is 44.8 Å². The molecule has 0 aliphatic carbocycles. The minimum absolute atomic E-state index is 0.0134. The van der Waals surface area contributed by atoms with E-state index in [1.807, 2.05) is 17.5 Å². The van der Waals surface area contributed by atoms with E-state index in [9.17, 15) is 9.59 Å². The highest BCUT2D eigenvalue weighted by molar-refractivity contribution is 7.09. The molecule has 6 nitrogen and oxygen atoms in total. The van der Waals surface area contributed by atoms with Crippen molar-refractivity contribution in [3.63, 3.8) is 0 Å². The van der Waals surface area contributed by atoms with Gasteiger partial charge in [-0.3, -0.25) is 14.5 Å². The quantitative estimate of drug-likeness (QED) is 0.899. The van der Waals surface area contributed by atoms with Gasteiger partial charge in [0.2, 0.25) is 5.91 Å². The fourth-order valence-corrected chi connectivity index (χ4v) is 3.18. The molecule has 1 N–H and O–H groups in total. The molecule has 0 unspecified atom stereocenters. The zero-order valence-electron chi connectivity index (χ0n) is 12.7. The number of furan rings is 1. The topological polar surface area (TPSA) is 65.8 Å². The maximum atomic E-state index is 12.2. The van der Waals surface area contributed by atoms with E-state index in [0.717, 1.165) is 4.88 Å². The van der Waals surface area contributed by atoms with Gasteiger partial charge in [0.1, 0.15) is 6.26 Å². The number of hydrogen-bond donors (Lipinski definition) is 1. The molecule has 1 saturated heterocycles. The molecule has 0 bridgehead atoms. The predicted molar refractivity (Wildman–Crippen MR) is 87.2 cm³/mol. The zero-order chi connectivity index (χ0) is 16.1. The molecule has 0 radical (unpaired) electrons. The predicted octanol–water partition coefficient (Wildman–Crippen LogP) is 1.42. The largest absolute Gasteiger partial charge is 0.472 e. The van der Waals surface area contributed by atoms with Crippen molar-refractivity contribution in [2.24, 2.45) is 0 Å². The SMILES string of the molecule is O=C(CN1CCN(C(=O)c2ccoc2)CC1)NCc1cccs1. The van der Waals surface area contributed by atoms with Gasteiger partial charge in [-0.1, -0.05) is 6.07 Å². The van der Waals surface area contributed by atoms with Crippen molar-refractivity contribution < 1.29 is 14.0 Å². The van der Waals surface area contributed by atoms with Crippen molar-refractivity contribution in [3.8, 4) is 0 Å². The number of nitrogens with one attached hydrogen (secondary N) is 1. The van der Waals surface area contributed by atoms with Gasteiger partial charge < -0.3 is 14.6 Å². The van der Waals surface area contributed by atoms with Crippen LogP contribution in [0.2, 0.25) is 0 Å². The summed E-state index contributed by atoms with van der Waals surface area (Å²) in [6.07, 6.45) is 2.97. The summed E-state index contributed by atoms with van der Waals surface area (Å²) in [5.41, 5.74) is 0.576. The Morgan fingerprint density at radius 3 is 2.70 bits per heavy atom. The Balaban J connectivity index is 1.40. The van der Waals surface area contributed by atoms with E-state index in [4.69, 9.17) is 4.42 Å². The number of hydrogen-bond acceptors (Lipinski definition) is 5. The van der Waals surface area contributed by atoms with Crippen molar-refractivity contribution in [2.75, 3.05) is 32.7 Å². The number of thiophene rings is 1. The molecule has 2 aromatic heterocycles. The molecular weight excluding hydrogens is 314 g/mol. The summed E-state index contributed by atoms with van der Waals surface area (Å²) in [4.78, 5) is 29.2. The highest BCUT2D eigenvalue weighted by Crippen LogP contribution is 2.10. The lowest BCUT2D eigenvalue weighted by Crippen LogP contribution is -2.51. The molecule has 0 saturated carbocycles. The molecule has 2 amide bonds. The summed E-state index contributed by atoms with van der Waals surface area (Å²) in [6.45, 7) is 3.62. The van der Waals surface area contributed by atoms with Crippen molar-refractivity contribution in [1.82, 2.24) is 15.1 Å². The van der Waals surface area contributed by atoms with Crippen molar-refractivity contribution >= 4 is 23.2 Å². The molecule has 0 atom stereocenters. The minimum Gasteiger partial charge on any atom is -0.472 e. The second kappa shape index (κ2) is 7.43. The Kier molecular flexibility index (Phi) is 5.09. The van der Waals surface area contributed by atoms with Crippen LogP contribution >= 0.6 is 11.3 Å². The molecule has 3 heterocycles. The molecule has 1 aliphatic heterocycles. The lowest BCUT2D eigenvalue weighted by Gasteiger charge is -2.34. The van der Waals surface area contributed by atoms with Gasteiger partial charge >= 0.3 is 0 Å². The average Bonchev–Trinajstić information content (AvgIpc) is 3.26. The second-order valence-corrected chi connectivity index (χ2v) is 6.47. The molecule has 3 rings (SSSR count). The van der Waals surface area contributed by atoms with Crippen LogP contribution in [0.25, 0.3) is 0 Å². The van der Waals surface area contributed by atoms with Crippen molar-refractivity contribution in [2.45, 2.75) is 6.54 Å². The summed E-state index contributed by atoms with van der Waals surface area (Å²) >= 11 is 1.63. The first kappa shape index (κ1) is 15.8. The third-order valence-corrected chi connectivity index (χ3v) is 4.71. The summed E-state index contributed by atoms with van der Waals surface area (Å²) in [5, 5.41) is 4.92. The fraction of sp³-hybridized carbons (Fsp3) is 0.375. The van der Waals surface area contributed by atoms with Crippen LogP contribution in [0.1, 0.15) is 15.2 Å². The van der Waals surface area contributed by atoms with Gasteiger partial charge in [0.15, 0.2) is 0 Å². The Morgan fingerprint density at radius 2 is 2.04 bits per heavy atom. The van der Waals surface area contributed by atoms with Crippen LogP contribution < -0.4 is 5.32 Å². The summed E-state index contributed by atoms with van der Waals surface area (Å²) < 4.78 is 4.95. The van der Waals surface area contributed by atoms with E-state index in [-0.39, 0.29) is 11.8 Å². The van der Waals surface area contributed by atoms with Gasteiger partial charge in [-0.15, -0.1) is 11.3 Å². The number of carbonyl (C=O) groups is 2. The van der Waals surface area contributed by atoms with E-state index in [2.05, 4.69) is 10.2 Å². The van der Waals surface area contributed by atoms with Crippen LogP contribution in [-0.2, 0) is 11.3 Å². The first-order valence-electron chi connectivity index (χ1n) is 7.55. The monoisotopic (exact) mass is 333 g/mol. The molecule has 0 spiro atoms. The summed E-state index contributed by atoms with van der Waals surface area (Å²) in [7, 11) is 0. The van der Waals surface area contributed by atoms with Crippen molar-refractivity contribution in [1.29, 1.82) is 0 Å². The van der Waals surface area contributed by atoms with E-state index in [1.54, 1.807) is 22.3 Å². The number of amides is 2. The Bertz CT molecular complexity index is 632. The molecule has 23 heavy (non-hydrogen) atoms. The lowest BCUT2D eigenvalue weighted by atomic mass is 10.2.